The summed E-state index contributed by atoms with van der Waals surface area (Å²) in [5, 5.41) is 3.44. The van der Waals surface area contributed by atoms with Crippen LogP contribution in [0.3, 0.4) is 0 Å². The summed E-state index contributed by atoms with van der Waals surface area (Å²) in [6, 6.07) is 5.76. The predicted molar refractivity (Wildman–Crippen MR) is 97.8 cm³/mol. The highest BCUT2D eigenvalue weighted by atomic mass is 16.2. The number of carbonyl (C=O) groups excluding carboxylic acids is 1. The Morgan fingerprint density at radius 1 is 1.32 bits per heavy atom. The molecular formula is C19H22N4O2. The molecule has 1 aromatic carbocycles. The highest BCUT2D eigenvalue weighted by Gasteiger charge is 2.14. The van der Waals surface area contributed by atoms with Crippen LogP contribution in [0.2, 0.25) is 0 Å². The summed E-state index contributed by atoms with van der Waals surface area (Å²) in [6.07, 6.45) is 7.78. The molecule has 0 spiro atoms. The molecule has 25 heavy (non-hydrogen) atoms. The number of nitrogens with zero attached hydrogens (tertiary/aromatic N) is 3. The van der Waals surface area contributed by atoms with E-state index in [1.54, 1.807) is 18.7 Å². The molecule has 0 aliphatic rings. The van der Waals surface area contributed by atoms with Gasteiger partial charge in [-0.2, -0.15) is 0 Å². The number of amides is 1. The molecule has 6 heteroatoms. The van der Waals surface area contributed by atoms with Gasteiger partial charge in [0.25, 0.3) is 5.91 Å². The molecule has 0 aliphatic heterocycles. The van der Waals surface area contributed by atoms with Gasteiger partial charge in [-0.1, -0.05) is 11.6 Å². The van der Waals surface area contributed by atoms with Crippen LogP contribution in [-0.4, -0.2) is 26.6 Å². The summed E-state index contributed by atoms with van der Waals surface area (Å²) < 4.78 is 3.89. The van der Waals surface area contributed by atoms with E-state index in [9.17, 15) is 9.59 Å². The normalized spacial score (nSPS) is 11.0. The van der Waals surface area contributed by atoms with Gasteiger partial charge in [0.15, 0.2) is 0 Å². The van der Waals surface area contributed by atoms with Crippen molar-refractivity contribution in [2.45, 2.75) is 33.4 Å². The van der Waals surface area contributed by atoms with Crippen molar-refractivity contribution in [1.29, 1.82) is 0 Å². The lowest BCUT2D eigenvalue weighted by Gasteiger charge is -2.12. The lowest BCUT2D eigenvalue weighted by molar-refractivity contribution is 0.0951. The Morgan fingerprint density at radius 3 is 2.88 bits per heavy atom. The predicted octanol–water partition coefficient (Wildman–Crippen LogP) is 2.35. The fourth-order valence-electron chi connectivity index (χ4n) is 2.91. The average Bonchev–Trinajstić information content (AvgIpc) is 3.12. The highest BCUT2D eigenvalue weighted by molar-refractivity contribution is 5.97. The van der Waals surface area contributed by atoms with Crippen LogP contribution in [0.4, 0.5) is 0 Å². The summed E-state index contributed by atoms with van der Waals surface area (Å²) in [6.45, 7) is 5.92. The molecule has 1 amide bonds. The maximum absolute atomic E-state index is 12.7. The minimum Gasteiger partial charge on any atom is -0.352 e. The molecule has 0 atom stereocenters. The first-order valence-corrected chi connectivity index (χ1v) is 8.48. The SMILES string of the molecule is CCn1cc(C(=O)NCCCn2ccnc2)c(=O)c2cc(C)ccc21. The van der Waals surface area contributed by atoms with Crippen molar-refractivity contribution in [3.05, 3.63) is 64.5 Å². The molecule has 2 aromatic heterocycles. The van der Waals surface area contributed by atoms with Gasteiger partial charge in [-0.3, -0.25) is 9.59 Å². The van der Waals surface area contributed by atoms with E-state index in [0.29, 0.717) is 18.5 Å². The first-order chi connectivity index (χ1) is 12.1. The third kappa shape index (κ3) is 3.63. The number of aryl methyl sites for hydroxylation is 3. The summed E-state index contributed by atoms with van der Waals surface area (Å²) in [5.41, 5.74) is 1.85. The van der Waals surface area contributed by atoms with E-state index in [0.717, 1.165) is 24.0 Å². The third-order valence-corrected chi connectivity index (χ3v) is 4.26. The van der Waals surface area contributed by atoms with Gasteiger partial charge < -0.3 is 14.5 Å². The molecule has 6 nitrogen and oxygen atoms in total. The van der Waals surface area contributed by atoms with Crippen LogP contribution in [0.5, 0.6) is 0 Å². The Bertz CT molecular complexity index is 942. The van der Waals surface area contributed by atoms with Gasteiger partial charge in [-0.05, 0) is 32.4 Å². The van der Waals surface area contributed by atoms with Gasteiger partial charge in [-0.25, -0.2) is 4.98 Å². The lowest BCUT2D eigenvalue weighted by atomic mass is 10.1. The molecular weight excluding hydrogens is 316 g/mol. The number of nitrogens with one attached hydrogen (secondary N) is 1. The van der Waals surface area contributed by atoms with Crippen molar-refractivity contribution in [3.63, 3.8) is 0 Å². The van der Waals surface area contributed by atoms with Crippen molar-refractivity contribution >= 4 is 16.8 Å². The van der Waals surface area contributed by atoms with Crippen molar-refractivity contribution < 1.29 is 4.79 Å². The first-order valence-electron chi connectivity index (χ1n) is 8.48. The van der Waals surface area contributed by atoms with Crippen molar-refractivity contribution in [2.24, 2.45) is 0 Å². The zero-order valence-electron chi connectivity index (χ0n) is 14.5. The Labute approximate surface area is 146 Å². The summed E-state index contributed by atoms with van der Waals surface area (Å²) in [4.78, 5) is 29.2. The average molecular weight is 338 g/mol. The van der Waals surface area contributed by atoms with E-state index >= 15 is 0 Å². The highest BCUT2D eigenvalue weighted by Crippen LogP contribution is 2.14. The van der Waals surface area contributed by atoms with Crippen molar-refractivity contribution in [2.75, 3.05) is 6.54 Å². The van der Waals surface area contributed by atoms with Gasteiger partial charge in [0, 0.05) is 43.6 Å². The molecule has 0 radical (unpaired) electrons. The maximum atomic E-state index is 12.7. The minimum atomic E-state index is -0.318. The maximum Gasteiger partial charge on any atom is 0.256 e. The summed E-state index contributed by atoms with van der Waals surface area (Å²) >= 11 is 0. The number of rotatable bonds is 6. The molecule has 0 fully saturated rings. The number of benzene rings is 1. The second kappa shape index (κ2) is 7.34. The van der Waals surface area contributed by atoms with Gasteiger partial charge >= 0.3 is 0 Å². The Balaban J connectivity index is 1.78. The van der Waals surface area contributed by atoms with Crippen LogP contribution in [0.1, 0.15) is 29.3 Å². The molecule has 0 bridgehead atoms. The van der Waals surface area contributed by atoms with Gasteiger partial charge in [0.1, 0.15) is 5.56 Å². The van der Waals surface area contributed by atoms with Gasteiger partial charge in [0.2, 0.25) is 5.43 Å². The van der Waals surface area contributed by atoms with Crippen LogP contribution in [-0.2, 0) is 13.1 Å². The zero-order chi connectivity index (χ0) is 17.8. The number of aromatic nitrogens is 3. The van der Waals surface area contributed by atoms with Crippen LogP contribution in [0.25, 0.3) is 10.9 Å². The van der Waals surface area contributed by atoms with E-state index < -0.39 is 0 Å². The lowest BCUT2D eigenvalue weighted by Crippen LogP contribution is -2.31. The molecule has 3 rings (SSSR count). The van der Waals surface area contributed by atoms with Crippen LogP contribution >= 0.6 is 0 Å². The minimum absolute atomic E-state index is 0.197. The first kappa shape index (κ1) is 17.0. The van der Waals surface area contributed by atoms with Gasteiger partial charge in [-0.15, -0.1) is 0 Å². The molecule has 1 N–H and O–H groups in total. The molecule has 0 saturated heterocycles. The smallest absolute Gasteiger partial charge is 0.256 e. The molecule has 3 aromatic rings. The van der Waals surface area contributed by atoms with Crippen LogP contribution in [0, 0.1) is 6.92 Å². The van der Waals surface area contributed by atoms with Gasteiger partial charge in [0.05, 0.1) is 11.8 Å². The van der Waals surface area contributed by atoms with E-state index in [4.69, 9.17) is 0 Å². The Morgan fingerprint density at radius 2 is 2.16 bits per heavy atom. The number of imidazole rings is 1. The fourth-order valence-corrected chi connectivity index (χ4v) is 2.91. The largest absolute Gasteiger partial charge is 0.352 e. The number of carbonyl (C=O) groups is 1. The second-order valence-corrected chi connectivity index (χ2v) is 6.09. The number of fused-ring (bicyclic) bond motifs is 1. The Kier molecular flexibility index (Phi) is 4.97. The topological polar surface area (TPSA) is 68.9 Å². The zero-order valence-corrected chi connectivity index (χ0v) is 14.5. The van der Waals surface area contributed by atoms with E-state index in [1.807, 2.05) is 47.4 Å². The Hall–Kier alpha value is -2.89. The monoisotopic (exact) mass is 338 g/mol. The summed E-state index contributed by atoms with van der Waals surface area (Å²) in [7, 11) is 0. The third-order valence-electron chi connectivity index (χ3n) is 4.26. The molecule has 130 valence electrons. The van der Waals surface area contributed by atoms with E-state index in [2.05, 4.69) is 10.3 Å². The molecule has 0 unspecified atom stereocenters. The summed E-state index contributed by atoms with van der Waals surface area (Å²) in [5.74, 6) is -0.318. The molecule has 0 saturated carbocycles. The molecule has 0 aliphatic carbocycles. The standard InChI is InChI=1S/C19H22N4O2/c1-3-23-12-16(18(24)15-11-14(2)5-6-17(15)23)19(25)21-7-4-9-22-10-8-20-13-22/h5-6,8,10-13H,3-4,7,9H2,1-2H3,(H,21,25). The second-order valence-electron chi connectivity index (χ2n) is 6.09. The molecule has 2 heterocycles. The fraction of sp³-hybridized carbons (Fsp3) is 0.316. The quantitative estimate of drug-likeness (QED) is 0.702. The number of pyridine rings is 1. The number of hydrogen-bond acceptors (Lipinski definition) is 3. The van der Waals surface area contributed by atoms with Crippen LogP contribution in [0.15, 0.2) is 47.9 Å². The number of hydrogen-bond donors (Lipinski definition) is 1. The van der Waals surface area contributed by atoms with Crippen molar-refractivity contribution in [1.82, 2.24) is 19.4 Å². The van der Waals surface area contributed by atoms with Crippen molar-refractivity contribution in [3.8, 4) is 0 Å². The van der Waals surface area contributed by atoms with Crippen LogP contribution < -0.4 is 10.7 Å². The van der Waals surface area contributed by atoms with E-state index in [-0.39, 0.29) is 16.9 Å². The van der Waals surface area contributed by atoms with E-state index in [1.165, 1.54) is 0 Å².